The maximum atomic E-state index is 9.16. The zero-order valence-electron chi connectivity index (χ0n) is 13.7. The number of fused-ring (bicyclic) bond motifs is 3. The minimum atomic E-state index is -0.200. The van der Waals surface area contributed by atoms with Crippen LogP contribution < -0.4 is 0 Å². The lowest BCUT2D eigenvalue weighted by atomic mass is 9.71. The lowest BCUT2D eigenvalue weighted by molar-refractivity contribution is 0.457. The molecule has 2 heteroatoms. The predicted octanol–water partition coefficient (Wildman–Crippen LogP) is 5.18. The number of aryl methyl sites for hydroxylation is 2. The molecule has 0 spiro atoms. The Morgan fingerprint density at radius 3 is 1.61 bits per heavy atom. The fourth-order valence-corrected chi connectivity index (χ4v) is 3.93. The molecule has 114 valence electrons. The number of rotatable bonds is 4. The van der Waals surface area contributed by atoms with Gasteiger partial charge in [0.2, 0.25) is 0 Å². The number of benzene rings is 2. The summed E-state index contributed by atoms with van der Waals surface area (Å²) in [7, 11) is 0. The maximum Gasteiger partial charge on any atom is 0.0622 e. The number of nitrogens with zero attached hydrogens (tertiary/aromatic N) is 2. The van der Waals surface area contributed by atoms with Crippen molar-refractivity contribution in [1.82, 2.24) is 0 Å². The van der Waals surface area contributed by atoms with Crippen molar-refractivity contribution < 1.29 is 0 Å². The summed E-state index contributed by atoms with van der Waals surface area (Å²) in [6, 6.07) is 17.8. The molecule has 0 N–H and O–H groups in total. The largest absolute Gasteiger partial charge is 0.198 e. The van der Waals surface area contributed by atoms with Gasteiger partial charge in [-0.15, -0.1) is 0 Å². The standard InChI is InChI=1S/C21H20N2/c1-15-5-7-17-18-8-6-16(2)14-20(18)21(9-3-11-22,10-4-12-23)19(17)13-15/h5-8,13-14H,3-4,9-10H2,1-2H3. The first-order valence-corrected chi connectivity index (χ1v) is 8.09. The minimum absolute atomic E-state index is 0.200. The predicted molar refractivity (Wildman–Crippen MR) is 91.8 cm³/mol. The van der Waals surface area contributed by atoms with Crippen LogP contribution in [0.3, 0.4) is 0 Å². The fraction of sp³-hybridized carbons (Fsp3) is 0.333. The molecular weight excluding hydrogens is 280 g/mol. The molecule has 1 aliphatic carbocycles. The molecule has 1 aliphatic rings. The summed E-state index contributed by atoms with van der Waals surface area (Å²) in [6.45, 7) is 4.21. The van der Waals surface area contributed by atoms with Gasteiger partial charge in [0.05, 0.1) is 12.1 Å². The molecular formula is C21H20N2. The van der Waals surface area contributed by atoms with Gasteiger partial charge >= 0.3 is 0 Å². The number of hydrogen-bond donors (Lipinski definition) is 0. The molecule has 0 saturated heterocycles. The van der Waals surface area contributed by atoms with Gasteiger partial charge in [0.25, 0.3) is 0 Å². The third-order valence-electron chi connectivity index (χ3n) is 5.00. The summed E-state index contributed by atoms with van der Waals surface area (Å²) < 4.78 is 0. The van der Waals surface area contributed by atoms with E-state index in [-0.39, 0.29) is 5.41 Å². The highest BCUT2D eigenvalue weighted by Gasteiger charge is 2.42. The van der Waals surface area contributed by atoms with Crippen LogP contribution in [0.4, 0.5) is 0 Å². The average Bonchev–Trinajstić information content (AvgIpc) is 2.80. The van der Waals surface area contributed by atoms with E-state index in [2.05, 4.69) is 62.4 Å². The topological polar surface area (TPSA) is 47.6 Å². The van der Waals surface area contributed by atoms with E-state index in [1.54, 1.807) is 0 Å². The Hall–Kier alpha value is -2.58. The molecule has 0 radical (unpaired) electrons. The molecule has 0 amide bonds. The van der Waals surface area contributed by atoms with E-state index in [9.17, 15) is 0 Å². The van der Waals surface area contributed by atoms with E-state index in [4.69, 9.17) is 10.5 Å². The highest BCUT2D eigenvalue weighted by Crippen LogP contribution is 2.54. The van der Waals surface area contributed by atoms with Gasteiger partial charge < -0.3 is 0 Å². The highest BCUT2D eigenvalue weighted by atomic mass is 14.4. The summed E-state index contributed by atoms with van der Waals surface area (Å²) in [5.41, 5.74) is 7.38. The zero-order chi connectivity index (χ0) is 16.4. The van der Waals surface area contributed by atoms with Crippen molar-refractivity contribution in [3.63, 3.8) is 0 Å². The van der Waals surface area contributed by atoms with E-state index in [0.717, 1.165) is 12.8 Å². The normalized spacial score (nSPS) is 13.7. The van der Waals surface area contributed by atoms with Gasteiger partial charge in [-0.2, -0.15) is 10.5 Å². The maximum absolute atomic E-state index is 9.16. The van der Waals surface area contributed by atoms with Crippen molar-refractivity contribution in [3.8, 4) is 23.3 Å². The highest BCUT2D eigenvalue weighted by molar-refractivity contribution is 5.81. The van der Waals surface area contributed by atoms with E-state index < -0.39 is 0 Å². The third kappa shape index (κ3) is 2.41. The second-order valence-corrected chi connectivity index (χ2v) is 6.50. The van der Waals surface area contributed by atoms with Crippen LogP contribution in [0.15, 0.2) is 36.4 Å². The van der Waals surface area contributed by atoms with Gasteiger partial charge in [-0.1, -0.05) is 47.5 Å². The van der Waals surface area contributed by atoms with Gasteiger partial charge in [0.1, 0.15) is 0 Å². The van der Waals surface area contributed by atoms with Crippen molar-refractivity contribution in [2.45, 2.75) is 44.9 Å². The lowest BCUT2D eigenvalue weighted by Crippen LogP contribution is -2.25. The van der Waals surface area contributed by atoms with Crippen molar-refractivity contribution in [1.29, 1.82) is 10.5 Å². The minimum Gasteiger partial charge on any atom is -0.198 e. The summed E-state index contributed by atoms with van der Waals surface area (Å²) in [5, 5.41) is 18.3. The van der Waals surface area contributed by atoms with Crippen molar-refractivity contribution in [2.75, 3.05) is 0 Å². The van der Waals surface area contributed by atoms with Gasteiger partial charge in [0, 0.05) is 18.3 Å². The molecule has 2 aromatic carbocycles. The van der Waals surface area contributed by atoms with Crippen molar-refractivity contribution >= 4 is 0 Å². The summed E-state index contributed by atoms with van der Waals surface area (Å²) >= 11 is 0. The zero-order valence-corrected chi connectivity index (χ0v) is 13.7. The van der Waals surface area contributed by atoms with Crippen molar-refractivity contribution in [3.05, 3.63) is 58.7 Å². The van der Waals surface area contributed by atoms with Gasteiger partial charge in [-0.25, -0.2) is 0 Å². The fourth-order valence-electron chi connectivity index (χ4n) is 3.93. The molecule has 0 bridgehead atoms. The Morgan fingerprint density at radius 1 is 0.783 bits per heavy atom. The first-order valence-electron chi connectivity index (χ1n) is 8.09. The number of hydrogen-bond acceptors (Lipinski definition) is 2. The molecule has 2 aromatic rings. The van der Waals surface area contributed by atoms with Crippen molar-refractivity contribution in [2.24, 2.45) is 0 Å². The molecule has 0 saturated carbocycles. The molecule has 0 fully saturated rings. The molecule has 0 aromatic heterocycles. The van der Waals surface area contributed by atoms with E-state index in [0.29, 0.717) is 12.8 Å². The van der Waals surface area contributed by atoms with Crippen LogP contribution in [0.2, 0.25) is 0 Å². The van der Waals surface area contributed by atoms with E-state index in [1.165, 1.54) is 33.4 Å². The molecule has 0 atom stereocenters. The van der Waals surface area contributed by atoms with Gasteiger partial charge in [-0.3, -0.25) is 0 Å². The smallest absolute Gasteiger partial charge is 0.0622 e. The van der Waals surface area contributed by atoms with E-state index in [1.807, 2.05) is 0 Å². The SMILES string of the molecule is Cc1ccc2c(c1)C(CCC#N)(CCC#N)c1cc(C)ccc1-2. The van der Waals surface area contributed by atoms with Crippen LogP contribution in [0.25, 0.3) is 11.1 Å². The van der Waals surface area contributed by atoms with Crippen LogP contribution in [0.1, 0.15) is 47.9 Å². The van der Waals surface area contributed by atoms with Crippen LogP contribution in [-0.2, 0) is 5.41 Å². The molecule has 3 rings (SSSR count). The molecule has 2 nitrogen and oxygen atoms in total. The second kappa shape index (κ2) is 5.90. The lowest BCUT2D eigenvalue weighted by Gasteiger charge is -2.31. The van der Waals surface area contributed by atoms with Gasteiger partial charge in [0.15, 0.2) is 0 Å². The Labute approximate surface area is 138 Å². The van der Waals surface area contributed by atoms with Crippen LogP contribution >= 0.6 is 0 Å². The average molecular weight is 300 g/mol. The molecule has 0 heterocycles. The molecule has 0 aliphatic heterocycles. The molecule has 0 unspecified atom stereocenters. The van der Waals surface area contributed by atoms with Crippen LogP contribution in [0.5, 0.6) is 0 Å². The Kier molecular flexibility index (Phi) is 3.93. The van der Waals surface area contributed by atoms with Crippen LogP contribution in [-0.4, -0.2) is 0 Å². The Bertz CT molecular complexity index is 762. The Morgan fingerprint density at radius 2 is 1.22 bits per heavy atom. The molecule has 23 heavy (non-hydrogen) atoms. The monoisotopic (exact) mass is 300 g/mol. The summed E-state index contributed by atoms with van der Waals surface area (Å²) in [6.07, 6.45) is 2.56. The third-order valence-corrected chi connectivity index (χ3v) is 5.00. The first kappa shape index (κ1) is 15.3. The quantitative estimate of drug-likeness (QED) is 0.781. The first-order chi connectivity index (χ1) is 11.1. The van der Waals surface area contributed by atoms with Crippen LogP contribution in [0, 0.1) is 36.5 Å². The number of nitriles is 2. The van der Waals surface area contributed by atoms with Gasteiger partial charge in [-0.05, 0) is 48.9 Å². The second-order valence-electron chi connectivity index (χ2n) is 6.50. The summed E-state index contributed by atoms with van der Waals surface area (Å²) in [5.74, 6) is 0. The summed E-state index contributed by atoms with van der Waals surface area (Å²) in [4.78, 5) is 0. The van der Waals surface area contributed by atoms with E-state index >= 15 is 0 Å². The Balaban J connectivity index is 2.28.